The average Bonchev–Trinajstić information content (AvgIpc) is 2.14. The number of halogens is 1. The minimum Gasteiger partial charge on any atom is -0.390 e. The van der Waals surface area contributed by atoms with Crippen molar-refractivity contribution in [1.82, 2.24) is 0 Å². The number of hydrogen-bond acceptors (Lipinski definition) is 3. The Hall–Kier alpha value is 0.560. The molecule has 2 atom stereocenters. The molecule has 0 aromatic carbocycles. The van der Waals surface area contributed by atoms with Crippen molar-refractivity contribution in [3.05, 3.63) is 0 Å². The molecular formula is C6H11ClO2S. The zero-order chi connectivity index (χ0) is 7.40. The molecule has 0 spiro atoms. The lowest BCUT2D eigenvalue weighted by atomic mass is 10.4. The van der Waals surface area contributed by atoms with Crippen LogP contribution in [0.4, 0.5) is 0 Å². The molecule has 2 unspecified atom stereocenters. The third kappa shape index (κ3) is 2.66. The van der Waals surface area contributed by atoms with E-state index in [1.807, 2.05) is 0 Å². The Morgan fingerprint density at radius 3 is 3.10 bits per heavy atom. The van der Waals surface area contributed by atoms with E-state index in [1.165, 1.54) is 0 Å². The first kappa shape index (κ1) is 8.65. The lowest BCUT2D eigenvalue weighted by Crippen LogP contribution is -2.20. The molecule has 0 radical (unpaired) electrons. The van der Waals surface area contributed by atoms with Gasteiger partial charge in [-0.3, -0.25) is 0 Å². The summed E-state index contributed by atoms with van der Waals surface area (Å²) in [6.07, 6.45) is -0.179. The summed E-state index contributed by atoms with van der Waals surface area (Å²) >= 11 is 7.28. The van der Waals surface area contributed by atoms with Crippen molar-refractivity contribution < 1.29 is 9.84 Å². The minimum absolute atomic E-state index is 0.129. The van der Waals surface area contributed by atoms with E-state index < -0.39 is 0 Å². The van der Waals surface area contributed by atoms with Crippen LogP contribution in [0.5, 0.6) is 0 Å². The third-order valence-corrected chi connectivity index (χ3v) is 2.88. The predicted octanol–water partition coefficient (Wildman–Crippen LogP) is 0.718. The quantitative estimate of drug-likeness (QED) is 0.606. The Labute approximate surface area is 69.9 Å². The molecule has 0 aromatic heterocycles. The Morgan fingerprint density at radius 2 is 2.40 bits per heavy atom. The van der Waals surface area contributed by atoms with Gasteiger partial charge in [-0.15, -0.1) is 11.6 Å². The van der Waals surface area contributed by atoms with E-state index in [0.717, 1.165) is 11.5 Å². The molecule has 0 aromatic rings. The SMILES string of the molecule is OC1COC(CCl)CSC1. The molecule has 1 fully saturated rings. The van der Waals surface area contributed by atoms with Crippen molar-refractivity contribution >= 4 is 23.4 Å². The van der Waals surface area contributed by atoms with Gasteiger partial charge in [-0.2, -0.15) is 11.8 Å². The van der Waals surface area contributed by atoms with Gasteiger partial charge in [0.05, 0.1) is 18.8 Å². The van der Waals surface area contributed by atoms with Crippen LogP contribution in [0.2, 0.25) is 0 Å². The van der Waals surface area contributed by atoms with Gasteiger partial charge in [0.15, 0.2) is 0 Å². The molecule has 4 heteroatoms. The van der Waals surface area contributed by atoms with E-state index in [2.05, 4.69) is 0 Å². The zero-order valence-electron chi connectivity index (χ0n) is 5.62. The smallest absolute Gasteiger partial charge is 0.0863 e. The van der Waals surface area contributed by atoms with Crippen molar-refractivity contribution in [2.24, 2.45) is 0 Å². The summed E-state index contributed by atoms with van der Waals surface area (Å²) in [6, 6.07) is 0. The van der Waals surface area contributed by atoms with E-state index in [4.69, 9.17) is 21.4 Å². The van der Waals surface area contributed by atoms with Crippen molar-refractivity contribution in [3.8, 4) is 0 Å². The largest absolute Gasteiger partial charge is 0.390 e. The molecule has 1 heterocycles. The third-order valence-electron chi connectivity index (χ3n) is 1.31. The van der Waals surface area contributed by atoms with E-state index in [0.29, 0.717) is 12.5 Å². The summed E-state index contributed by atoms with van der Waals surface area (Å²) in [7, 11) is 0. The maximum absolute atomic E-state index is 9.11. The fourth-order valence-corrected chi connectivity index (χ4v) is 2.08. The summed E-state index contributed by atoms with van der Waals surface area (Å²) in [6.45, 7) is 0.435. The van der Waals surface area contributed by atoms with Crippen LogP contribution in [-0.4, -0.2) is 41.3 Å². The molecule has 1 aliphatic rings. The molecule has 0 bridgehead atoms. The number of aliphatic hydroxyl groups is 1. The number of thioether (sulfide) groups is 1. The molecule has 1 N–H and O–H groups in total. The summed E-state index contributed by atoms with van der Waals surface area (Å²) in [4.78, 5) is 0. The molecule has 0 saturated carbocycles. The highest BCUT2D eigenvalue weighted by Crippen LogP contribution is 2.13. The highest BCUT2D eigenvalue weighted by Gasteiger charge is 2.16. The van der Waals surface area contributed by atoms with Crippen LogP contribution in [0.3, 0.4) is 0 Å². The average molecular weight is 183 g/mol. The summed E-state index contributed by atoms with van der Waals surface area (Å²) < 4.78 is 5.26. The zero-order valence-corrected chi connectivity index (χ0v) is 7.20. The predicted molar refractivity (Wildman–Crippen MR) is 43.8 cm³/mol. The van der Waals surface area contributed by atoms with E-state index >= 15 is 0 Å². The van der Waals surface area contributed by atoms with Gasteiger partial charge in [-0.25, -0.2) is 0 Å². The summed E-state index contributed by atoms with van der Waals surface area (Å²) in [5, 5.41) is 9.11. The Balaban J connectivity index is 2.26. The summed E-state index contributed by atoms with van der Waals surface area (Å²) in [5.41, 5.74) is 0. The van der Waals surface area contributed by atoms with E-state index in [-0.39, 0.29) is 12.2 Å². The van der Waals surface area contributed by atoms with Gasteiger partial charge in [0.25, 0.3) is 0 Å². The van der Waals surface area contributed by atoms with Gasteiger partial charge < -0.3 is 9.84 Å². The Kier molecular flexibility index (Phi) is 3.84. The number of ether oxygens (including phenoxy) is 1. The number of alkyl halides is 1. The maximum Gasteiger partial charge on any atom is 0.0863 e. The van der Waals surface area contributed by atoms with Crippen LogP contribution in [0.25, 0.3) is 0 Å². The van der Waals surface area contributed by atoms with Crippen molar-refractivity contribution in [1.29, 1.82) is 0 Å². The molecule has 1 rings (SSSR count). The minimum atomic E-state index is -0.307. The number of hydrogen-bond donors (Lipinski definition) is 1. The highest BCUT2D eigenvalue weighted by molar-refractivity contribution is 7.99. The second-order valence-electron chi connectivity index (χ2n) is 2.30. The molecule has 60 valence electrons. The first-order valence-corrected chi connectivity index (χ1v) is 4.95. The van der Waals surface area contributed by atoms with Gasteiger partial charge in [0.1, 0.15) is 0 Å². The molecule has 0 aliphatic carbocycles. The van der Waals surface area contributed by atoms with Crippen molar-refractivity contribution in [2.75, 3.05) is 24.0 Å². The lowest BCUT2D eigenvalue weighted by molar-refractivity contribution is 0.0230. The Morgan fingerprint density at radius 1 is 1.60 bits per heavy atom. The standard InChI is InChI=1S/C6H11ClO2S/c7-1-6-4-10-3-5(8)2-9-6/h5-6,8H,1-4H2. The highest BCUT2D eigenvalue weighted by atomic mass is 35.5. The van der Waals surface area contributed by atoms with Crippen LogP contribution < -0.4 is 0 Å². The summed E-state index contributed by atoms with van der Waals surface area (Å²) in [5.74, 6) is 2.20. The first-order valence-electron chi connectivity index (χ1n) is 3.26. The fourth-order valence-electron chi connectivity index (χ4n) is 0.768. The van der Waals surface area contributed by atoms with Crippen LogP contribution in [0.1, 0.15) is 0 Å². The topological polar surface area (TPSA) is 29.5 Å². The lowest BCUT2D eigenvalue weighted by Gasteiger charge is -2.09. The van der Waals surface area contributed by atoms with E-state index in [1.54, 1.807) is 11.8 Å². The molecule has 2 nitrogen and oxygen atoms in total. The Bertz CT molecular complexity index is 102. The molecule has 10 heavy (non-hydrogen) atoms. The first-order chi connectivity index (χ1) is 4.83. The second-order valence-corrected chi connectivity index (χ2v) is 3.68. The monoisotopic (exact) mass is 182 g/mol. The van der Waals surface area contributed by atoms with Crippen molar-refractivity contribution in [2.45, 2.75) is 12.2 Å². The normalized spacial score (nSPS) is 35.4. The van der Waals surface area contributed by atoms with Gasteiger partial charge in [-0.1, -0.05) is 0 Å². The number of rotatable bonds is 1. The van der Waals surface area contributed by atoms with Gasteiger partial charge in [0.2, 0.25) is 0 Å². The molecular weight excluding hydrogens is 172 g/mol. The van der Waals surface area contributed by atoms with Gasteiger partial charge in [0, 0.05) is 17.4 Å². The van der Waals surface area contributed by atoms with Crippen LogP contribution in [-0.2, 0) is 4.74 Å². The van der Waals surface area contributed by atoms with Crippen LogP contribution in [0.15, 0.2) is 0 Å². The maximum atomic E-state index is 9.11. The van der Waals surface area contributed by atoms with Crippen LogP contribution >= 0.6 is 23.4 Å². The van der Waals surface area contributed by atoms with E-state index in [9.17, 15) is 0 Å². The number of aliphatic hydroxyl groups excluding tert-OH is 1. The van der Waals surface area contributed by atoms with Gasteiger partial charge >= 0.3 is 0 Å². The van der Waals surface area contributed by atoms with Crippen LogP contribution in [0, 0.1) is 0 Å². The van der Waals surface area contributed by atoms with Crippen molar-refractivity contribution in [3.63, 3.8) is 0 Å². The van der Waals surface area contributed by atoms with Gasteiger partial charge in [-0.05, 0) is 0 Å². The second kappa shape index (κ2) is 4.44. The molecule has 0 amide bonds. The molecule has 1 aliphatic heterocycles. The molecule has 1 saturated heterocycles. The fraction of sp³-hybridized carbons (Fsp3) is 1.00.